The first kappa shape index (κ1) is 23.8. The number of aldehydes is 2. The van der Waals surface area contributed by atoms with E-state index in [4.69, 9.17) is 28.3 Å². The summed E-state index contributed by atoms with van der Waals surface area (Å²) in [5.74, 6) is 2.62. The van der Waals surface area contributed by atoms with E-state index in [2.05, 4.69) is 0 Å². The van der Waals surface area contributed by atoms with Gasteiger partial charge in [0.25, 0.3) is 0 Å². The van der Waals surface area contributed by atoms with Crippen LogP contribution in [-0.4, -0.2) is 48.7 Å². The molecule has 0 aliphatic heterocycles. The number of benzene rings is 4. The van der Waals surface area contributed by atoms with E-state index in [9.17, 15) is 9.59 Å². The molecule has 4 aromatic rings. The zero-order chi connectivity index (χ0) is 24.9. The summed E-state index contributed by atoms with van der Waals surface area (Å²) in [7, 11) is 7.20. The molecule has 0 heterocycles. The van der Waals surface area contributed by atoms with Crippen molar-refractivity contribution in [3.8, 4) is 34.5 Å². The molecule has 8 nitrogen and oxygen atoms in total. The highest BCUT2D eigenvalue weighted by molar-refractivity contribution is 6.22. The van der Waals surface area contributed by atoms with Crippen molar-refractivity contribution in [1.82, 2.24) is 0 Å². The second-order valence-electron chi connectivity index (χ2n) is 7.38. The summed E-state index contributed by atoms with van der Waals surface area (Å²) in [5.41, 5.74) is 0.628. The fourth-order valence-corrected chi connectivity index (χ4v) is 3.88. The summed E-state index contributed by atoms with van der Waals surface area (Å²) < 4.78 is 32.7. The van der Waals surface area contributed by atoms with Gasteiger partial charge < -0.3 is 28.3 Å². The van der Waals surface area contributed by atoms with Crippen molar-refractivity contribution in [1.29, 1.82) is 0 Å². The minimum atomic E-state index is 0.277. The molecule has 0 atom stereocenters. The molecule has 0 aliphatic carbocycles. The Morgan fingerprint density at radius 2 is 0.914 bits per heavy atom. The highest BCUT2D eigenvalue weighted by Gasteiger charge is 2.17. The van der Waals surface area contributed by atoms with Crippen LogP contribution in [0.5, 0.6) is 34.5 Å². The topological polar surface area (TPSA) is 89.5 Å². The molecule has 0 spiro atoms. The van der Waals surface area contributed by atoms with Crippen molar-refractivity contribution < 1.29 is 37.8 Å². The maximum absolute atomic E-state index is 11.9. The van der Waals surface area contributed by atoms with Crippen molar-refractivity contribution in [3.05, 3.63) is 59.7 Å². The first-order valence-electron chi connectivity index (χ1n) is 10.5. The van der Waals surface area contributed by atoms with Crippen LogP contribution >= 0.6 is 0 Å². The van der Waals surface area contributed by atoms with Crippen LogP contribution in [0.25, 0.3) is 21.5 Å². The third kappa shape index (κ3) is 4.40. The molecule has 9 heteroatoms. The zero-order valence-electron chi connectivity index (χ0n) is 19.6. The van der Waals surface area contributed by atoms with Gasteiger partial charge in [-0.2, -0.15) is 0 Å². The van der Waals surface area contributed by atoms with Crippen molar-refractivity contribution in [2.45, 2.75) is 0 Å². The predicted molar refractivity (Wildman–Crippen MR) is 132 cm³/mol. The predicted octanol–water partition coefficient (Wildman–Crippen LogP) is 4.64. The zero-order valence-corrected chi connectivity index (χ0v) is 19.6. The van der Waals surface area contributed by atoms with Gasteiger partial charge in [0.1, 0.15) is 11.5 Å². The maximum Gasteiger partial charge on any atom is 0.658 e. The number of carbonyl (C=O) groups excluding carboxylic acids is 2. The Labute approximate surface area is 202 Å². The molecule has 177 valence electrons. The van der Waals surface area contributed by atoms with Crippen molar-refractivity contribution in [3.63, 3.8) is 0 Å². The van der Waals surface area contributed by atoms with E-state index in [-0.39, 0.29) is 11.5 Å². The molecule has 0 aliphatic rings. The fraction of sp³-hybridized carbons (Fsp3) is 0.154. The largest absolute Gasteiger partial charge is 0.658 e. The second-order valence-corrected chi connectivity index (χ2v) is 7.38. The SMILES string of the molecule is COc1cc2ccc(O[B]Oc3ccc4cc(OC)c(OC)cc4c3C=O)c(C=O)c2cc1OC. The van der Waals surface area contributed by atoms with Crippen molar-refractivity contribution >= 4 is 41.8 Å². The van der Waals surface area contributed by atoms with E-state index in [1.807, 2.05) is 0 Å². The Kier molecular flexibility index (Phi) is 6.96. The summed E-state index contributed by atoms with van der Waals surface area (Å²) in [6.45, 7) is 0. The van der Waals surface area contributed by atoms with Gasteiger partial charge >= 0.3 is 7.69 Å². The maximum atomic E-state index is 11.9. The van der Waals surface area contributed by atoms with Gasteiger partial charge in [-0.15, -0.1) is 0 Å². The molecule has 0 amide bonds. The lowest BCUT2D eigenvalue weighted by molar-refractivity contribution is 0.111. The number of ether oxygens (including phenoxy) is 4. The van der Waals surface area contributed by atoms with Gasteiger partial charge in [0.05, 0.1) is 39.6 Å². The van der Waals surface area contributed by atoms with E-state index in [0.29, 0.717) is 57.5 Å². The van der Waals surface area contributed by atoms with Crippen LogP contribution in [0.4, 0.5) is 0 Å². The standard InChI is InChI=1S/C26H22BO8/c1-30-23-9-15-5-7-21(19(13-28)17(15)11-25(23)32-3)34-27-35-22-8-6-16-10-24(31-2)26(33-4)12-18(16)20(22)14-29/h5-14H,1-4H3. The van der Waals surface area contributed by atoms with Gasteiger partial charge in [0, 0.05) is 0 Å². The molecule has 0 fully saturated rings. The van der Waals surface area contributed by atoms with Gasteiger partial charge in [0.2, 0.25) is 0 Å². The molecule has 0 unspecified atom stereocenters. The lowest BCUT2D eigenvalue weighted by Gasteiger charge is -2.15. The van der Waals surface area contributed by atoms with E-state index in [0.717, 1.165) is 18.5 Å². The van der Waals surface area contributed by atoms with Crippen LogP contribution < -0.4 is 28.3 Å². The highest BCUT2D eigenvalue weighted by Crippen LogP contribution is 2.37. The number of hydrogen-bond acceptors (Lipinski definition) is 8. The molecule has 1 radical (unpaired) electrons. The van der Waals surface area contributed by atoms with Crippen LogP contribution in [0.15, 0.2) is 48.5 Å². The van der Waals surface area contributed by atoms with Crippen LogP contribution in [0, 0.1) is 0 Å². The molecule has 0 saturated heterocycles. The van der Waals surface area contributed by atoms with E-state index < -0.39 is 0 Å². The Morgan fingerprint density at radius 3 is 1.26 bits per heavy atom. The summed E-state index contributed by atoms with van der Waals surface area (Å²) in [6, 6.07) is 13.9. The average molecular weight is 473 g/mol. The first-order chi connectivity index (χ1) is 17.1. The summed E-state index contributed by atoms with van der Waals surface area (Å²) in [5, 5.41) is 2.81. The molecule has 0 saturated carbocycles. The van der Waals surface area contributed by atoms with Gasteiger partial charge in [-0.25, -0.2) is 0 Å². The molecule has 0 N–H and O–H groups in total. The first-order valence-corrected chi connectivity index (χ1v) is 10.5. The Balaban J connectivity index is 1.63. The van der Waals surface area contributed by atoms with Gasteiger partial charge in [-0.3, -0.25) is 9.59 Å². The number of methoxy groups -OCH3 is 4. The molecular weight excluding hydrogens is 451 g/mol. The van der Waals surface area contributed by atoms with Crippen LogP contribution in [0.1, 0.15) is 20.7 Å². The van der Waals surface area contributed by atoms with Gasteiger partial charge in [-0.05, 0) is 57.9 Å². The molecule has 0 aromatic heterocycles. The van der Waals surface area contributed by atoms with E-state index >= 15 is 0 Å². The van der Waals surface area contributed by atoms with Crippen LogP contribution in [0.2, 0.25) is 0 Å². The Morgan fingerprint density at radius 1 is 0.543 bits per heavy atom. The normalized spacial score (nSPS) is 10.5. The highest BCUT2D eigenvalue weighted by atomic mass is 16.6. The third-order valence-corrected chi connectivity index (χ3v) is 5.64. The van der Waals surface area contributed by atoms with Crippen LogP contribution in [0.3, 0.4) is 0 Å². The molecule has 35 heavy (non-hydrogen) atoms. The van der Waals surface area contributed by atoms with Gasteiger partial charge in [0.15, 0.2) is 35.6 Å². The quantitative estimate of drug-likeness (QED) is 0.243. The number of hydrogen-bond donors (Lipinski definition) is 0. The third-order valence-electron chi connectivity index (χ3n) is 5.64. The van der Waals surface area contributed by atoms with Crippen molar-refractivity contribution in [2.75, 3.05) is 28.4 Å². The van der Waals surface area contributed by atoms with Crippen molar-refractivity contribution in [2.24, 2.45) is 0 Å². The van der Waals surface area contributed by atoms with E-state index in [1.165, 1.54) is 14.2 Å². The molecule has 4 rings (SSSR count). The number of rotatable bonds is 10. The summed E-state index contributed by atoms with van der Waals surface area (Å²) >= 11 is 0. The Hall–Kier alpha value is -4.40. The number of carbonyl (C=O) groups is 2. The summed E-state index contributed by atoms with van der Waals surface area (Å²) in [4.78, 5) is 23.8. The smallest absolute Gasteiger partial charge is 0.526 e. The average Bonchev–Trinajstić information content (AvgIpc) is 2.90. The lowest BCUT2D eigenvalue weighted by Crippen LogP contribution is -2.13. The Bertz CT molecular complexity index is 1310. The lowest BCUT2D eigenvalue weighted by atomic mass is 10.0. The summed E-state index contributed by atoms with van der Waals surface area (Å²) in [6.07, 6.45) is 1.40. The molecule has 0 bridgehead atoms. The number of fused-ring (bicyclic) bond motifs is 2. The fourth-order valence-electron chi connectivity index (χ4n) is 3.88. The molecular formula is C26H22BO8. The monoisotopic (exact) mass is 473 g/mol. The molecule has 4 aromatic carbocycles. The minimum Gasteiger partial charge on any atom is -0.526 e. The minimum absolute atomic E-state index is 0.277. The van der Waals surface area contributed by atoms with Gasteiger partial charge in [-0.1, -0.05) is 12.1 Å². The van der Waals surface area contributed by atoms with E-state index in [1.54, 1.807) is 62.8 Å². The van der Waals surface area contributed by atoms with Crippen LogP contribution in [-0.2, 0) is 0 Å². The second kappa shape index (κ2) is 10.3.